The van der Waals surface area contributed by atoms with Gasteiger partial charge in [-0.15, -0.1) is 0 Å². The molecule has 5 heteroatoms. The summed E-state index contributed by atoms with van der Waals surface area (Å²) in [5.74, 6) is -0.769. The van der Waals surface area contributed by atoms with E-state index in [1.807, 2.05) is 41.4 Å². The van der Waals surface area contributed by atoms with Crippen molar-refractivity contribution in [3.8, 4) is 16.9 Å². The van der Waals surface area contributed by atoms with Crippen LogP contribution in [0, 0.1) is 0 Å². The van der Waals surface area contributed by atoms with Crippen molar-refractivity contribution in [1.29, 1.82) is 0 Å². The zero-order valence-electron chi connectivity index (χ0n) is 15.2. The van der Waals surface area contributed by atoms with Crippen LogP contribution in [0.1, 0.15) is 23.1 Å². The van der Waals surface area contributed by atoms with Gasteiger partial charge in [-0.25, -0.2) is 4.98 Å². The molecular weight excluding hydrogens is 338 g/mol. The fourth-order valence-electron chi connectivity index (χ4n) is 3.53. The number of hydrogen-bond acceptors (Lipinski definition) is 3. The third-order valence-corrected chi connectivity index (χ3v) is 5.09. The van der Waals surface area contributed by atoms with Gasteiger partial charge in [0, 0.05) is 23.9 Å². The standard InChI is InChI=1S/C22H23N3O2/c26-22(27)8-3-16-1-6-20(7-2-16)25-14-21(24-15-25)19-5-4-17-9-11-23-12-10-18(17)13-19/h1-2,4-7,13-15,23H,3,8-12H2,(H,26,27). The fraction of sp³-hybridized carbons (Fsp3) is 0.273. The highest BCUT2D eigenvalue weighted by Gasteiger charge is 2.10. The first kappa shape index (κ1) is 17.5. The quantitative estimate of drug-likeness (QED) is 0.732. The minimum absolute atomic E-state index is 0.155. The topological polar surface area (TPSA) is 67.1 Å². The van der Waals surface area contributed by atoms with Gasteiger partial charge in [0.1, 0.15) is 0 Å². The van der Waals surface area contributed by atoms with E-state index >= 15 is 0 Å². The van der Waals surface area contributed by atoms with Crippen molar-refractivity contribution >= 4 is 5.97 Å². The Morgan fingerprint density at radius 1 is 1.07 bits per heavy atom. The second kappa shape index (κ2) is 7.76. The maximum absolute atomic E-state index is 10.7. The van der Waals surface area contributed by atoms with E-state index in [2.05, 4.69) is 28.5 Å². The molecule has 3 aromatic rings. The van der Waals surface area contributed by atoms with Crippen molar-refractivity contribution in [1.82, 2.24) is 14.9 Å². The molecule has 0 amide bonds. The maximum Gasteiger partial charge on any atom is 0.303 e. The van der Waals surface area contributed by atoms with E-state index in [0.29, 0.717) is 6.42 Å². The van der Waals surface area contributed by atoms with Gasteiger partial charge in [0.25, 0.3) is 0 Å². The van der Waals surface area contributed by atoms with Crippen LogP contribution in [0.5, 0.6) is 0 Å². The Balaban J connectivity index is 1.53. The molecule has 138 valence electrons. The van der Waals surface area contributed by atoms with Crippen molar-refractivity contribution in [3.05, 3.63) is 71.7 Å². The molecule has 1 aliphatic rings. The van der Waals surface area contributed by atoms with Gasteiger partial charge in [-0.3, -0.25) is 4.79 Å². The normalized spacial score (nSPS) is 13.8. The Morgan fingerprint density at radius 2 is 1.85 bits per heavy atom. The Labute approximate surface area is 158 Å². The molecule has 2 N–H and O–H groups in total. The third-order valence-electron chi connectivity index (χ3n) is 5.09. The van der Waals surface area contributed by atoms with Gasteiger partial charge in [0.2, 0.25) is 0 Å². The van der Waals surface area contributed by atoms with Crippen LogP contribution in [0.3, 0.4) is 0 Å². The summed E-state index contributed by atoms with van der Waals surface area (Å²) in [4.78, 5) is 15.3. The van der Waals surface area contributed by atoms with Gasteiger partial charge < -0.3 is 15.0 Å². The van der Waals surface area contributed by atoms with Crippen LogP contribution in [0.2, 0.25) is 0 Å². The Morgan fingerprint density at radius 3 is 2.63 bits per heavy atom. The van der Waals surface area contributed by atoms with Crippen LogP contribution in [0.25, 0.3) is 16.9 Å². The third kappa shape index (κ3) is 4.09. The molecule has 0 spiro atoms. The molecule has 0 radical (unpaired) electrons. The Kier molecular flexibility index (Phi) is 5.03. The molecule has 4 rings (SSSR count). The smallest absolute Gasteiger partial charge is 0.303 e. The first-order valence-corrected chi connectivity index (χ1v) is 9.37. The van der Waals surface area contributed by atoms with Crippen molar-refractivity contribution in [2.24, 2.45) is 0 Å². The largest absolute Gasteiger partial charge is 0.481 e. The van der Waals surface area contributed by atoms with Gasteiger partial charge in [-0.1, -0.05) is 24.3 Å². The summed E-state index contributed by atoms with van der Waals surface area (Å²) >= 11 is 0. The number of aromatic nitrogens is 2. The first-order chi connectivity index (χ1) is 13.2. The van der Waals surface area contributed by atoms with Crippen molar-refractivity contribution in [3.63, 3.8) is 0 Å². The summed E-state index contributed by atoms with van der Waals surface area (Å²) in [6, 6.07) is 14.6. The highest BCUT2D eigenvalue weighted by atomic mass is 16.4. The molecule has 1 aliphatic heterocycles. The van der Waals surface area contributed by atoms with E-state index in [9.17, 15) is 4.79 Å². The monoisotopic (exact) mass is 361 g/mol. The van der Waals surface area contributed by atoms with Crippen molar-refractivity contribution in [2.45, 2.75) is 25.7 Å². The SMILES string of the molecule is O=C(O)CCc1ccc(-n2cnc(-c3ccc4c(c3)CCNCC4)c2)cc1. The molecule has 0 fully saturated rings. The summed E-state index contributed by atoms with van der Waals surface area (Å²) in [5, 5.41) is 12.2. The van der Waals surface area contributed by atoms with E-state index in [4.69, 9.17) is 5.11 Å². The lowest BCUT2D eigenvalue weighted by Gasteiger charge is -2.07. The molecule has 0 bridgehead atoms. The molecule has 5 nitrogen and oxygen atoms in total. The molecule has 0 atom stereocenters. The lowest BCUT2D eigenvalue weighted by molar-refractivity contribution is -0.136. The number of hydrogen-bond donors (Lipinski definition) is 2. The van der Waals surface area contributed by atoms with Gasteiger partial charge in [-0.2, -0.15) is 0 Å². The minimum atomic E-state index is -0.769. The minimum Gasteiger partial charge on any atom is -0.481 e. The number of aliphatic carboxylic acids is 1. The number of rotatable bonds is 5. The van der Waals surface area contributed by atoms with E-state index in [1.165, 1.54) is 11.1 Å². The van der Waals surface area contributed by atoms with Gasteiger partial charge >= 0.3 is 5.97 Å². The second-order valence-electron chi connectivity index (χ2n) is 6.96. The Bertz CT molecular complexity index is 944. The van der Waals surface area contributed by atoms with Crippen LogP contribution in [-0.2, 0) is 24.1 Å². The summed E-state index contributed by atoms with van der Waals surface area (Å²) in [6.07, 6.45) is 6.72. The molecular formula is C22H23N3O2. The summed E-state index contributed by atoms with van der Waals surface area (Å²) in [5.41, 5.74) is 7.00. The highest BCUT2D eigenvalue weighted by molar-refractivity contribution is 5.67. The van der Waals surface area contributed by atoms with Crippen LogP contribution in [0.4, 0.5) is 0 Å². The lowest BCUT2D eigenvalue weighted by Crippen LogP contribution is -2.16. The molecule has 0 saturated heterocycles. The predicted octanol–water partition coefficient (Wildman–Crippen LogP) is 3.24. The molecule has 1 aromatic heterocycles. The number of aryl methyl sites for hydroxylation is 1. The van der Waals surface area contributed by atoms with Crippen LogP contribution >= 0.6 is 0 Å². The number of benzene rings is 2. The summed E-state index contributed by atoms with van der Waals surface area (Å²) in [6.45, 7) is 2.07. The maximum atomic E-state index is 10.7. The van der Waals surface area contributed by atoms with Crippen molar-refractivity contribution in [2.75, 3.05) is 13.1 Å². The number of carbonyl (C=O) groups is 1. The van der Waals surface area contributed by atoms with Gasteiger partial charge in [-0.05, 0) is 67.2 Å². The van der Waals surface area contributed by atoms with E-state index in [1.54, 1.807) is 0 Å². The number of carboxylic acid groups (broad SMARTS) is 1. The highest BCUT2D eigenvalue weighted by Crippen LogP contribution is 2.24. The zero-order chi connectivity index (χ0) is 18.6. The molecule has 0 aliphatic carbocycles. The molecule has 2 heterocycles. The van der Waals surface area contributed by atoms with E-state index < -0.39 is 5.97 Å². The molecule has 2 aromatic carbocycles. The second-order valence-corrected chi connectivity index (χ2v) is 6.96. The predicted molar refractivity (Wildman–Crippen MR) is 105 cm³/mol. The summed E-state index contributed by atoms with van der Waals surface area (Å²) in [7, 11) is 0. The summed E-state index contributed by atoms with van der Waals surface area (Å²) < 4.78 is 2.00. The average molecular weight is 361 g/mol. The van der Waals surface area contributed by atoms with E-state index in [-0.39, 0.29) is 6.42 Å². The fourth-order valence-corrected chi connectivity index (χ4v) is 3.53. The van der Waals surface area contributed by atoms with Crippen LogP contribution in [-0.4, -0.2) is 33.7 Å². The number of nitrogens with zero attached hydrogens (tertiary/aromatic N) is 2. The lowest BCUT2D eigenvalue weighted by atomic mass is 9.99. The number of carboxylic acids is 1. The number of fused-ring (bicyclic) bond motifs is 1. The average Bonchev–Trinajstić information content (AvgIpc) is 3.06. The molecule has 0 saturated carbocycles. The first-order valence-electron chi connectivity index (χ1n) is 9.37. The van der Waals surface area contributed by atoms with Crippen LogP contribution < -0.4 is 5.32 Å². The molecule has 27 heavy (non-hydrogen) atoms. The van der Waals surface area contributed by atoms with Crippen molar-refractivity contribution < 1.29 is 9.90 Å². The number of imidazole rings is 1. The molecule has 0 unspecified atom stereocenters. The zero-order valence-corrected chi connectivity index (χ0v) is 15.2. The van der Waals surface area contributed by atoms with Gasteiger partial charge in [0.05, 0.1) is 12.0 Å². The van der Waals surface area contributed by atoms with E-state index in [0.717, 1.165) is 48.4 Å². The van der Waals surface area contributed by atoms with Gasteiger partial charge in [0.15, 0.2) is 0 Å². The number of nitrogens with one attached hydrogen (secondary N) is 1. The van der Waals surface area contributed by atoms with Crippen LogP contribution in [0.15, 0.2) is 55.0 Å². The Hall–Kier alpha value is -2.92.